The van der Waals surface area contributed by atoms with Gasteiger partial charge in [-0.2, -0.15) is 0 Å². The van der Waals surface area contributed by atoms with Crippen molar-refractivity contribution in [3.05, 3.63) is 35.4 Å². The number of hydrogen-bond donors (Lipinski definition) is 2. The van der Waals surface area contributed by atoms with Crippen molar-refractivity contribution in [3.8, 4) is 0 Å². The van der Waals surface area contributed by atoms with E-state index >= 15 is 0 Å². The lowest BCUT2D eigenvalue weighted by Crippen LogP contribution is -2.29. The maximum absolute atomic E-state index is 11.1. The third-order valence-corrected chi connectivity index (χ3v) is 3.27. The summed E-state index contributed by atoms with van der Waals surface area (Å²) in [4.78, 5) is 13.6. The fourth-order valence-corrected chi connectivity index (χ4v) is 2.31. The highest BCUT2D eigenvalue weighted by molar-refractivity contribution is 5.77. The van der Waals surface area contributed by atoms with Crippen LogP contribution in [0.1, 0.15) is 24.0 Å². The van der Waals surface area contributed by atoms with E-state index in [2.05, 4.69) is 28.4 Å². The van der Waals surface area contributed by atoms with Crippen molar-refractivity contribution in [2.45, 2.75) is 25.9 Å². The first kappa shape index (κ1) is 13.1. The molecule has 1 amide bonds. The molecular formula is C14H21N3O. The second-order valence-corrected chi connectivity index (χ2v) is 4.78. The van der Waals surface area contributed by atoms with E-state index in [0.717, 1.165) is 12.1 Å². The highest BCUT2D eigenvalue weighted by atomic mass is 16.1. The summed E-state index contributed by atoms with van der Waals surface area (Å²) in [6.45, 7) is 4.03. The van der Waals surface area contributed by atoms with Gasteiger partial charge >= 0.3 is 0 Å². The third-order valence-electron chi connectivity index (χ3n) is 3.27. The van der Waals surface area contributed by atoms with Gasteiger partial charge in [0.1, 0.15) is 0 Å². The average Bonchev–Trinajstić information content (AvgIpc) is 2.89. The third kappa shape index (κ3) is 3.82. The quantitative estimate of drug-likeness (QED) is 0.811. The molecule has 0 radical (unpaired) electrons. The van der Waals surface area contributed by atoms with Crippen molar-refractivity contribution in [3.63, 3.8) is 0 Å². The molecule has 0 aromatic heterocycles. The van der Waals surface area contributed by atoms with Crippen LogP contribution in [-0.2, 0) is 17.9 Å². The summed E-state index contributed by atoms with van der Waals surface area (Å²) in [6.07, 6.45) is 2.62. The highest BCUT2D eigenvalue weighted by Gasteiger charge is 2.11. The molecule has 1 saturated heterocycles. The Morgan fingerprint density at radius 1 is 1.28 bits per heavy atom. The van der Waals surface area contributed by atoms with Gasteiger partial charge in [0.25, 0.3) is 0 Å². The molecule has 3 N–H and O–H groups in total. The smallest absolute Gasteiger partial charge is 0.234 e. The van der Waals surface area contributed by atoms with Gasteiger partial charge in [0.2, 0.25) is 5.91 Å². The standard InChI is InChI=1S/C14H21N3O/c15-9-14(18)16-10-12-4-3-5-13(8-12)11-17-6-1-2-7-17/h3-5,8H,1-2,6-7,9-11,15H2,(H,16,18). The molecule has 4 heteroatoms. The number of carbonyl (C=O) groups excluding carboxylic acids is 1. The van der Waals surface area contributed by atoms with E-state index in [4.69, 9.17) is 5.73 Å². The van der Waals surface area contributed by atoms with Gasteiger partial charge in [0.15, 0.2) is 0 Å². The Morgan fingerprint density at radius 3 is 2.72 bits per heavy atom. The molecule has 98 valence electrons. The lowest BCUT2D eigenvalue weighted by atomic mass is 10.1. The normalized spacial score (nSPS) is 15.8. The molecule has 1 aliphatic rings. The zero-order chi connectivity index (χ0) is 12.8. The van der Waals surface area contributed by atoms with Gasteiger partial charge < -0.3 is 11.1 Å². The maximum Gasteiger partial charge on any atom is 0.234 e. The number of amides is 1. The van der Waals surface area contributed by atoms with Crippen LogP contribution in [0.25, 0.3) is 0 Å². The van der Waals surface area contributed by atoms with Crippen LogP contribution < -0.4 is 11.1 Å². The Kier molecular flexibility index (Phi) is 4.73. The van der Waals surface area contributed by atoms with E-state index in [1.807, 2.05) is 6.07 Å². The molecule has 0 bridgehead atoms. The van der Waals surface area contributed by atoms with Crippen LogP contribution in [0.2, 0.25) is 0 Å². The van der Waals surface area contributed by atoms with Crippen LogP contribution in [0.5, 0.6) is 0 Å². The van der Waals surface area contributed by atoms with Crippen LogP contribution in [0, 0.1) is 0 Å². The van der Waals surface area contributed by atoms with Gasteiger partial charge in [-0.15, -0.1) is 0 Å². The Bertz CT molecular complexity index is 400. The fraction of sp³-hybridized carbons (Fsp3) is 0.500. The molecule has 2 rings (SSSR count). The topological polar surface area (TPSA) is 58.4 Å². The summed E-state index contributed by atoms with van der Waals surface area (Å²) in [5.41, 5.74) is 7.71. The summed E-state index contributed by atoms with van der Waals surface area (Å²) in [5.74, 6) is -0.111. The monoisotopic (exact) mass is 247 g/mol. The molecule has 1 fully saturated rings. The van der Waals surface area contributed by atoms with E-state index in [1.165, 1.54) is 31.5 Å². The molecule has 1 aromatic rings. The number of likely N-dealkylation sites (tertiary alicyclic amines) is 1. The number of nitrogens with zero attached hydrogens (tertiary/aromatic N) is 1. The summed E-state index contributed by atoms with van der Waals surface area (Å²) in [7, 11) is 0. The van der Waals surface area contributed by atoms with Gasteiger partial charge in [-0.3, -0.25) is 9.69 Å². The van der Waals surface area contributed by atoms with Gasteiger partial charge in [0, 0.05) is 13.1 Å². The largest absolute Gasteiger partial charge is 0.351 e. The summed E-state index contributed by atoms with van der Waals surface area (Å²) in [6, 6.07) is 8.39. The zero-order valence-electron chi connectivity index (χ0n) is 10.7. The van der Waals surface area contributed by atoms with Gasteiger partial charge in [-0.1, -0.05) is 24.3 Å². The first-order valence-electron chi connectivity index (χ1n) is 6.55. The fourth-order valence-electron chi connectivity index (χ4n) is 2.31. The molecule has 0 atom stereocenters. The number of benzene rings is 1. The molecule has 1 heterocycles. The van der Waals surface area contributed by atoms with E-state index in [0.29, 0.717) is 6.54 Å². The van der Waals surface area contributed by atoms with Crippen molar-refractivity contribution in [1.82, 2.24) is 10.2 Å². The lowest BCUT2D eigenvalue weighted by Gasteiger charge is -2.15. The number of rotatable bonds is 5. The highest BCUT2D eigenvalue weighted by Crippen LogP contribution is 2.13. The second kappa shape index (κ2) is 6.52. The van der Waals surface area contributed by atoms with Gasteiger partial charge in [-0.05, 0) is 37.1 Å². The Labute approximate surface area is 108 Å². The molecule has 4 nitrogen and oxygen atoms in total. The number of nitrogens with two attached hydrogens (primary N) is 1. The Hall–Kier alpha value is -1.39. The molecule has 18 heavy (non-hydrogen) atoms. The van der Waals surface area contributed by atoms with Crippen LogP contribution in [0.15, 0.2) is 24.3 Å². The SMILES string of the molecule is NCC(=O)NCc1cccc(CN2CCCC2)c1. The van der Waals surface area contributed by atoms with E-state index in [1.54, 1.807) is 0 Å². The van der Waals surface area contributed by atoms with E-state index in [-0.39, 0.29) is 12.5 Å². The van der Waals surface area contributed by atoms with Gasteiger partial charge in [0.05, 0.1) is 6.54 Å². The van der Waals surface area contributed by atoms with Crippen molar-refractivity contribution in [2.75, 3.05) is 19.6 Å². The number of nitrogens with one attached hydrogen (secondary N) is 1. The Balaban J connectivity index is 1.89. The van der Waals surface area contributed by atoms with Crippen molar-refractivity contribution < 1.29 is 4.79 Å². The molecule has 0 saturated carbocycles. The number of hydrogen-bond acceptors (Lipinski definition) is 3. The van der Waals surface area contributed by atoms with Crippen molar-refractivity contribution in [2.24, 2.45) is 5.73 Å². The van der Waals surface area contributed by atoms with Crippen LogP contribution in [0.3, 0.4) is 0 Å². The molecule has 0 aliphatic carbocycles. The first-order valence-corrected chi connectivity index (χ1v) is 6.55. The second-order valence-electron chi connectivity index (χ2n) is 4.78. The van der Waals surface area contributed by atoms with E-state index in [9.17, 15) is 4.79 Å². The van der Waals surface area contributed by atoms with Crippen molar-refractivity contribution in [1.29, 1.82) is 0 Å². The average molecular weight is 247 g/mol. The predicted molar refractivity (Wildman–Crippen MR) is 71.9 cm³/mol. The van der Waals surface area contributed by atoms with Crippen LogP contribution in [0.4, 0.5) is 0 Å². The van der Waals surface area contributed by atoms with Crippen molar-refractivity contribution >= 4 is 5.91 Å². The molecule has 0 unspecified atom stereocenters. The zero-order valence-corrected chi connectivity index (χ0v) is 10.7. The maximum atomic E-state index is 11.1. The summed E-state index contributed by atoms with van der Waals surface area (Å²) >= 11 is 0. The minimum Gasteiger partial charge on any atom is -0.351 e. The first-order chi connectivity index (χ1) is 8.78. The minimum absolute atomic E-state index is 0.0491. The Morgan fingerprint density at radius 2 is 2.00 bits per heavy atom. The lowest BCUT2D eigenvalue weighted by molar-refractivity contribution is -0.119. The number of carbonyl (C=O) groups is 1. The molecular weight excluding hydrogens is 226 g/mol. The minimum atomic E-state index is -0.111. The van der Waals surface area contributed by atoms with Gasteiger partial charge in [-0.25, -0.2) is 0 Å². The molecule has 0 spiro atoms. The van der Waals surface area contributed by atoms with E-state index < -0.39 is 0 Å². The summed E-state index contributed by atoms with van der Waals surface area (Å²) < 4.78 is 0. The molecule has 1 aliphatic heterocycles. The van der Waals surface area contributed by atoms with Crippen LogP contribution in [-0.4, -0.2) is 30.4 Å². The summed E-state index contributed by atoms with van der Waals surface area (Å²) in [5, 5.41) is 2.79. The molecule has 1 aromatic carbocycles. The van der Waals surface area contributed by atoms with Crippen LogP contribution >= 0.6 is 0 Å². The predicted octanol–water partition coefficient (Wildman–Crippen LogP) is 0.857.